The molecule has 5 rings (SSSR count). The fourth-order valence-corrected chi connectivity index (χ4v) is 3.96. The summed E-state index contributed by atoms with van der Waals surface area (Å²) in [5.41, 5.74) is 2.18. The van der Waals surface area contributed by atoms with Gasteiger partial charge in [0.25, 0.3) is 0 Å². The largest absolute Gasteiger partial charge is 0.381 e. The third-order valence-electron chi connectivity index (χ3n) is 5.68. The quantitative estimate of drug-likeness (QED) is 0.535. The first-order valence-corrected chi connectivity index (χ1v) is 10.4. The van der Waals surface area contributed by atoms with E-state index in [2.05, 4.69) is 30.8 Å². The van der Waals surface area contributed by atoms with Crippen molar-refractivity contribution in [3.63, 3.8) is 0 Å². The average Bonchev–Trinajstić information content (AvgIpc) is 3.23. The summed E-state index contributed by atoms with van der Waals surface area (Å²) in [6, 6.07) is 10.5. The zero-order valence-corrected chi connectivity index (χ0v) is 16.9. The van der Waals surface area contributed by atoms with E-state index in [1.807, 2.05) is 31.2 Å². The molecule has 30 heavy (non-hydrogen) atoms. The molecule has 2 atom stereocenters. The first-order valence-electron chi connectivity index (χ1n) is 10.4. The lowest BCUT2D eigenvalue weighted by molar-refractivity contribution is 0.182. The van der Waals surface area contributed by atoms with Gasteiger partial charge in [0.2, 0.25) is 0 Å². The zero-order valence-electron chi connectivity index (χ0n) is 16.9. The van der Waals surface area contributed by atoms with Crippen LogP contribution in [0.15, 0.2) is 36.4 Å². The molecular weight excluding hydrogens is 383 g/mol. The number of hydrogen-bond acceptors (Lipinski definition) is 6. The lowest BCUT2D eigenvalue weighted by atomic mass is 9.92. The van der Waals surface area contributed by atoms with Crippen LogP contribution in [0.3, 0.4) is 0 Å². The van der Waals surface area contributed by atoms with E-state index in [0.717, 1.165) is 24.4 Å². The molecule has 2 fully saturated rings. The Kier molecular flexibility index (Phi) is 5.08. The van der Waals surface area contributed by atoms with Crippen molar-refractivity contribution in [3.05, 3.63) is 59.3 Å². The highest BCUT2D eigenvalue weighted by Crippen LogP contribution is 2.39. The number of nitrogens with zero attached hydrogens (tertiary/aromatic N) is 3. The van der Waals surface area contributed by atoms with Gasteiger partial charge in [-0.3, -0.25) is 5.10 Å². The summed E-state index contributed by atoms with van der Waals surface area (Å²) in [5.74, 6) is 3.45. The molecule has 1 saturated heterocycles. The maximum absolute atomic E-state index is 13.4. The van der Waals surface area contributed by atoms with Crippen LogP contribution in [0.2, 0.25) is 0 Å². The SMILES string of the molecule is Cc1nc(Nc2cc(C3CC3)[nH]n2)cc(NC(c2ccc(F)cc2)C2CCOC2)n1. The molecule has 3 heterocycles. The average molecular weight is 408 g/mol. The Morgan fingerprint density at radius 3 is 2.60 bits per heavy atom. The van der Waals surface area contributed by atoms with E-state index in [4.69, 9.17) is 4.74 Å². The summed E-state index contributed by atoms with van der Waals surface area (Å²) < 4.78 is 19.0. The van der Waals surface area contributed by atoms with E-state index in [-0.39, 0.29) is 17.8 Å². The maximum Gasteiger partial charge on any atom is 0.153 e. The highest BCUT2D eigenvalue weighted by Gasteiger charge is 2.28. The first kappa shape index (κ1) is 19.0. The second kappa shape index (κ2) is 8.02. The van der Waals surface area contributed by atoms with E-state index < -0.39 is 0 Å². The molecule has 0 spiro atoms. The normalized spacial score (nSPS) is 19.6. The number of anilines is 3. The van der Waals surface area contributed by atoms with E-state index in [9.17, 15) is 4.39 Å². The van der Waals surface area contributed by atoms with Crippen molar-refractivity contribution in [2.45, 2.75) is 38.1 Å². The number of rotatable bonds is 7. The Hall–Kier alpha value is -3.00. The summed E-state index contributed by atoms with van der Waals surface area (Å²) >= 11 is 0. The molecule has 3 N–H and O–H groups in total. The first-order chi connectivity index (χ1) is 14.6. The lowest BCUT2D eigenvalue weighted by Crippen LogP contribution is -2.22. The summed E-state index contributed by atoms with van der Waals surface area (Å²) in [6.07, 6.45) is 3.39. The van der Waals surface area contributed by atoms with Gasteiger partial charge in [-0.25, -0.2) is 14.4 Å². The standard InChI is InChI=1S/C22H25FN6O/c1-13-24-19(26-21-10-18(28-29-21)14-2-3-14)11-20(25-13)27-22(16-8-9-30-12-16)15-4-6-17(23)7-5-15/h4-7,10-11,14,16,22H,2-3,8-9,12H2,1H3,(H3,24,25,26,27,28,29). The van der Waals surface area contributed by atoms with Crippen molar-refractivity contribution in [1.82, 2.24) is 20.2 Å². The van der Waals surface area contributed by atoms with Crippen molar-refractivity contribution in [1.29, 1.82) is 0 Å². The Bertz CT molecular complexity index is 1010. The van der Waals surface area contributed by atoms with E-state index >= 15 is 0 Å². The molecule has 156 valence electrons. The monoisotopic (exact) mass is 408 g/mol. The second-order valence-electron chi connectivity index (χ2n) is 8.09. The van der Waals surface area contributed by atoms with Gasteiger partial charge in [-0.15, -0.1) is 0 Å². The molecule has 8 heteroatoms. The van der Waals surface area contributed by atoms with Gasteiger partial charge in [0.05, 0.1) is 12.6 Å². The van der Waals surface area contributed by atoms with Crippen LogP contribution in [0.4, 0.5) is 21.8 Å². The minimum Gasteiger partial charge on any atom is -0.381 e. The summed E-state index contributed by atoms with van der Waals surface area (Å²) in [7, 11) is 0. The van der Waals surface area contributed by atoms with Crippen molar-refractivity contribution in [3.8, 4) is 0 Å². The van der Waals surface area contributed by atoms with Gasteiger partial charge in [0, 0.05) is 36.3 Å². The molecule has 1 aliphatic carbocycles. The number of aromatic amines is 1. The van der Waals surface area contributed by atoms with Crippen LogP contribution in [-0.2, 0) is 4.74 Å². The molecule has 0 radical (unpaired) electrons. The van der Waals surface area contributed by atoms with Gasteiger partial charge in [0.15, 0.2) is 5.82 Å². The molecule has 1 aliphatic heterocycles. The van der Waals surface area contributed by atoms with Crippen LogP contribution in [0.25, 0.3) is 0 Å². The molecule has 2 unspecified atom stereocenters. The van der Waals surface area contributed by atoms with E-state index in [1.165, 1.54) is 30.7 Å². The van der Waals surface area contributed by atoms with Gasteiger partial charge in [-0.2, -0.15) is 5.10 Å². The van der Waals surface area contributed by atoms with E-state index in [1.54, 1.807) is 0 Å². The smallest absolute Gasteiger partial charge is 0.153 e. The van der Waals surface area contributed by atoms with Crippen LogP contribution in [0, 0.1) is 18.7 Å². The molecule has 0 amide bonds. The number of aryl methyl sites for hydroxylation is 1. The lowest BCUT2D eigenvalue weighted by Gasteiger charge is -2.25. The number of aromatic nitrogens is 4. The molecule has 2 aromatic heterocycles. The Labute approximate surface area is 174 Å². The molecule has 7 nitrogen and oxygen atoms in total. The highest BCUT2D eigenvalue weighted by molar-refractivity contribution is 5.57. The van der Waals surface area contributed by atoms with Crippen molar-refractivity contribution in [2.24, 2.45) is 5.92 Å². The Morgan fingerprint density at radius 2 is 1.87 bits per heavy atom. The number of halogens is 1. The second-order valence-corrected chi connectivity index (χ2v) is 8.09. The van der Waals surface area contributed by atoms with E-state index in [0.29, 0.717) is 30.0 Å². The van der Waals surface area contributed by atoms with Crippen molar-refractivity contribution < 1.29 is 9.13 Å². The summed E-state index contributed by atoms with van der Waals surface area (Å²) in [6.45, 7) is 3.27. The van der Waals surface area contributed by atoms with Gasteiger partial charge in [-0.05, 0) is 43.9 Å². The number of benzene rings is 1. The molecule has 2 aliphatic rings. The topological polar surface area (TPSA) is 87.8 Å². The van der Waals surface area contributed by atoms with Gasteiger partial charge < -0.3 is 15.4 Å². The fraction of sp³-hybridized carbons (Fsp3) is 0.409. The van der Waals surface area contributed by atoms with Crippen molar-refractivity contribution in [2.75, 3.05) is 23.8 Å². The Morgan fingerprint density at radius 1 is 1.07 bits per heavy atom. The maximum atomic E-state index is 13.4. The summed E-state index contributed by atoms with van der Waals surface area (Å²) in [4.78, 5) is 9.07. The van der Waals surface area contributed by atoms with Crippen LogP contribution in [0.1, 0.15) is 48.3 Å². The van der Waals surface area contributed by atoms with Crippen LogP contribution in [0.5, 0.6) is 0 Å². The minimum atomic E-state index is -0.242. The number of ether oxygens (including phenoxy) is 1. The molecule has 0 bridgehead atoms. The molecule has 3 aromatic rings. The Balaban J connectivity index is 1.37. The molecule has 1 aromatic carbocycles. The zero-order chi connectivity index (χ0) is 20.5. The van der Waals surface area contributed by atoms with Crippen LogP contribution < -0.4 is 10.6 Å². The molecular formula is C22H25FN6O. The van der Waals surface area contributed by atoms with Crippen LogP contribution in [-0.4, -0.2) is 33.4 Å². The number of hydrogen-bond donors (Lipinski definition) is 3. The van der Waals surface area contributed by atoms with Gasteiger partial charge in [0.1, 0.15) is 23.3 Å². The minimum absolute atomic E-state index is 0.0258. The number of H-pyrrole nitrogens is 1. The summed E-state index contributed by atoms with van der Waals surface area (Å²) in [5, 5.41) is 14.2. The third-order valence-corrected chi connectivity index (χ3v) is 5.68. The fourth-order valence-electron chi connectivity index (χ4n) is 3.96. The predicted octanol–water partition coefficient (Wildman–Crippen LogP) is 4.46. The van der Waals surface area contributed by atoms with Crippen molar-refractivity contribution >= 4 is 17.5 Å². The van der Waals surface area contributed by atoms with Gasteiger partial charge >= 0.3 is 0 Å². The highest BCUT2D eigenvalue weighted by atomic mass is 19.1. The molecule has 1 saturated carbocycles. The predicted molar refractivity (Wildman–Crippen MR) is 112 cm³/mol. The third kappa shape index (κ3) is 4.28. The number of nitrogens with one attached hydrogen (secondary N) is 3. The van der Waals surface area contributed by atoms with Gasteiger partial charge in [-0.1, -0.05) is 12.1 Å². The van der Waals surface area contributed by atoms with Crippen LogP contribution >= 0.6 is 0 Å².